The molecule has 1 aromatic heterocycles. The van der Waals surface area contributed by atoms with E-state index in [-0.39, 0.29) is 0 Å². The normalized spacial score (nSPS) is 10.2. The predicted octanol–water partition coefficient (Wildman–Crippen LogP) is 1.69. The summed E-state index contributed by atoms with van der Waals surface area (Å²) in [6.45, 7) is 0. The maximum absolute atomic E-state index is 10.6. The van der Waals surface area contributed by atoms with Crippen molar-refractivity contribution in [3.05, 3.63) is 30.5 Å². The number of rotatable bonds is 2. The first-order chi connectivity index (χ1) is 6.35. The molecule has 0 saturated carbocycles. The Balaban J connectivity index is 2.71. The van der Waals surface area contributed by atoms with E-state index in [9.17, 15) is 4.79 Å². The predicted molar refractivity (Wildman–Crippen MR) is 50.6 cm³/mol. The minimum Gasteiger partial charge on any atom is -0.497 e. The summed E-state index contributed by atoms with van der Waals surface area (Å²) < 4.78 is 6.59. The number of benzene rings is 1. The van der Waals surface area contributed by atoms with Gasteiger partial charge in [0.25, 0.3) is 0 Å². The van der Waals surface area contributed by atoms with Gasteiger partial charge in [-0.3, -0.25) is 9.36 Å². The Hall–Kier alpha value is -1.77. The molecule has 0 fully saturated rings. The second kappa shape index (κ2) is 2.94. The summed E-state index contributed by atoms with van der Waals surface area (Å²) in [6, 6.07) is 7.53. The van der Waals surface area contributed by atoms with Crippen molar-refractivity contribution < 1.29 is 9.53 Å². The summed E-state index contributed by atoms with van der Waals surface area (Å²) in [6.07, 6.45) is 2.51. The van der Waals surface area contributed by atoms with Gasteiger partial charge in [-0.2, -0.15) is 0 Å². The third-order valence-electron chi connectivity index (χ3n) is 2.04. The van der Waals surface area contributed by atoms with Crippen molar-refractivity contribution in [2.75, 3.05) is 7.11 Å². The third kappa shape index (κ3) is 1.18. The van der Waals surface area contributed by atoms with Gasteiger partial charge in [0, 0.05) is 17.6 Å². The van der Waals surface area contributed by atoms with Crippen LogP contribution in [0.5, 0.6) is 5.75 Å². The summed E-state index contributed by atoms with van der Waals surface area (Å²) in [5.41, 5.74) is 0.870. The van der Waals surface area contributed by atoms with Crippen LogP contribution in [0.25, 0.3) is 10.9 Å². The number of carbonyl (C=O) groups is 1. The summed E-state index contributed by atoms with van der Waals surface area (Å²) in [7, 11) is 1.61. The zero-order chi connectivity index (χ0) is 9.26. The standard InChI is InChI=1S/C10H9NO2/c1-13-9-3-2-8-4-5-11(7-12)10(8)6-9/h2-7H,1H3. The lowest BCUT2D eigenvalue weighted by atomic mass is 10.2. The molecule has 13 heavy (non-hydrogen) atoms. The van der Waals surface area contributed by atoms with E-state index in [4.69, 9.17) is 4.74 Å². The monoisotopic (exact) mass is 175 g/mol. The summed E-state index contributed by atoms with van der Waals surface area (Å²) in [5.74, 6) is 0.759. The van der Waals surface area contributed by atoms with Crippen LogP contribution in [0.3, 0.4) is 0 Å². The number of ether oxygens (including phenoxy) is 1. The first-order valence-electron chi connectivity index (χ1n) is 3.95. The Bertz CT molecular complexity index is 445. The Morgan fingerprint density at radius 1 is 1.38 bits per heavy atom. The second-order valence-electron chi connectivity index (χ2n) is 2.75. The van der Waals surface area contributed by atoms with Crippen molar-refractivity contribution in [1.29, 1.82) is 0 Å². The summed E-state index contributed by atoms with van der Waals surface area (Å²) in [5, 5.41) is 1.04. The number of methoxy groups -OCH3 is 1. The highest BCUT2D eigenvalue weighted by Crippen LogP contribution is 2.20. The maximum atomic E-state index is 10.6. The van der Waals surface area contributed by atoms with Gasteiger partial charge >= 0.3 is 0 Å². The van der Waals surface area contributed by atoms with E-state index in [1.807, 2.05) is 24.3 Å². The van der Waals surface area contributed by atoms with E-state index in [0.29, 0.717) is 0 Å². The van der Waals surface area contributed by atoms with Crippen molar-refractivity contribution in [2.24, 2.45) is 0 Å². The maximum Gasteiger partial charge on any atom is 0.218 e. The van der Waals surface area contributed by atoms with Crippen LogP contribution in [0.1, 0.15) is 0 Å². The molecule has 0 saturated heterocycles. The van der Waals surface area contributed by atoms with E-state index in [1.165, 1.54) is 4.57 Å². The molecular weight excluding hydrogens is 166 g/mol. The molecule has 0 atom stereocenters. The minimum atomic E-state index is 0.759. The Morgan fingerprint density at radius 3 is 2.92 bits per heavy atom. The molecular formula is C10H9NO2. The molecule has 2 aromatic rings. The molecule has 0 aliphatic carbocycles. The number of hydrogen-bond donors (Lipinski definition) is 0. The van der Waals surface area contributed by atoms with Gasteiger partial charge in [0.1, 0.15) is 5.75 Å². The van der Waals surface area contributed by atoms with Gasteiger partial charge in [-0.05, 0) is 18.2 Å². The quantitative estimate of drug-likeness (QED) is 0.650. The van der Waals surface area contributed by atoms with Crippen LogP contribution in [0.2, 0.25) is 0 Å². The zero-order valence-corrected chi connectivity index (χ0v) is 7.23. The molecule has 0 radical (unpaired) electrons. The average Bonchev–Trinajstić information content (AvgIpc) is 2.59. The molecule has 66 valence electrons. The Morgan fingerprint density at radius 2 is 2.23 bits per heavy atom. The fourth-order valence-corrected chi connectivity index (χ4v) is 1.35. The SMILES string of the molecule is COc1ccc2ccn(C=O)c2c1. The first kappa shape index (κ1) is 7.86. The van der Waals surface area contributed by atoms with E-state index in [0.717, 1.165) is 23.1 Å². The smallest absolute Gasteiger partial charge is 0.218 e. The van der Waals surface area contributed by atoms with Gasteiger partial charge in [0.2, 0.25) is 6.41 Å². The van der Waals surface area contributed by atoms with Gasteiger partial charge < -0.3 is 4.74 Å². The molecule has 0 unspecified atom stereocenters. The van der Waals surface area contributed by atoms with Crippen LogP contribution in [0, 0.1) is 0 Å². The van der Waals surface area contributed by atoms with E-state index >= 15 is 0 Å². The molecule has 0 N–H and O–H groups in total. The molecule has 3 heteroatoms. The lowest BCUT2D eigenvalue weighted by molar-refractivity contribution is 0.415. The molecule has 0 aliphatic rings. The molecule has 1 heterocycles. The van der Waals surface area contributed by atoms with Crippen LogP contribution in [0.15, 0.2) is 30.5 Å². The van der Waals surface area contributed by atoms with Gasteiger partial charge in [-0.15, -0.1) is 0 Å². The molecule has 0 amide bonds. The van der Waals surface area contributed by atoms with Crippen LogP contribution in [-0.4, -0.2) is 18.1 Å². The lowest BCUT2D eigenvalue weighted by Crippen LogP contribution is -1.91. The van der Waals surface area contributed by atoms with Gasteiger partial charge in [-0.1, -0.05) is 0 Å². The number of fused-ring (bicyclic) bond motifs is 1. The highest BCUT2D eigenvalue weighted by atomic mass is 16.5. The molecule has 3 nitrogen and oxygen atoms in total. The zero-order valence-electron chi connectivity index (χ0n) is 7.23. The van der Waals surface area contributed by atoms with Crippen molar-refractivity contribution in [3.63, 3.8) is 0 Å². The molecule has 0 bridgehead atoms. The highest BCUT2D eigenvalue weighted by molar-refractivity contribution is 5.86. The minimum absolute atomic E-state index is 0.759. The van der Waals surface area contributed by atoms with E-state index < -0.39 is 0 Å². The fraction of sp³-hybridized carbons (Fsp3) is 0.100. The number of carbonyl (C=O) groups excluding carboxylic acids is 1. The molecule has 1 aromatic carbocycles. The van der Waals surface area contributed by atoms with Crippen molar-refractivity contribution in [2.45, 2.75) is 0 Å². The van der Waals surface area contributed by atoms with Crippen molar-refractivity contribution >= 4 is 17.3 Å². The van der Waals surface area contributed by atoms with E-state index in [1.54, 1.807) is 13.3 Å². The second-order valence-corrected chi connectivity index (χ2v) is 2.75. The lowest BCUT2D eigenvalue weighted by Gasteiger charge is -1.99. The van der Waals surface area contributed by atoms with Crippen molar-refractivity contribution in [3.8, 4) is 5.75 Å². The molecule has 2 rings (SSSR count). The largest absolute Gasteiger partial charge is 0.497 e. The van der Waals surface area contributed by atoms with Crippen LogP contribution in [-0.2, 0) is 4.79 Å². The Labute approximate surface area is 75.5 Å². The number of hydrogen-bond acceptors (Lipinski definition) is 2. The topological polar surface area (TPSA) is 31.2 Å². The van der Waals surface area contributed by atoms with E-state index in [2.05, 4.69) is 0 Å². The van der Waals surface area contributed by atoms with Crippen LogP contribution < -0.4 is 4.74 Å². The average molecular weight is 175 g/mol. The third-order valence-corrected chi connectivity index (χ3v) is 2.04. The van der Waals surface area contributed by atoms with Crippen molar-refractivity contribution in [1.82, 2.24) is 4.57 Å². The van der Waals surface area contributed by atoms with Crippen LogP contribution in [0.4, 0.5) is 0 Å². The number of aromatic nitrogens is 1. The van der Waals surface area contributed by atoms with Gasteiger partial charge in [0.05, 0.1) is 12.6 Å². The van der Waals surface area contributed by atoms with Crippen LogP contribution >= 0.6 is 0 Å². The van der Waals surface area contributed by atoms with Gasteiger partial charge in [0.15, 0.2) is 0 Å². The Kier molecular flexibility index (Phi) is 1.77. The fourth-order valence-electron chi connectivity index (χ4n) is 1.35. The summed E-state index contributed by atoms with van der Waals surface area (Å²) >= 11 is 0. The summed E-state index contributed by atoms with van der Waals surface area (Å²) in [4.78, 5) is 10.6. The highest BCUT2D eigenvalue weighted by Gasteiger charge is 2.00. The first-order valence-corrected chi connectivity index (χ1v) is 3.95. The number of nitrogens with zero attached hydrogens (tertiary/aromatic N) is 1. The molecule has 0 aliphatic heterocycles. The molecule has 0 spiro atoms. The van der Waals surface area contributed by atoms with Gasteiger partial charge in [-0.25, -0.2) is 0 Å².